The maximum absolute atomic E-state index is 13.9. The molecule has 4 heteroatoms. The minimum Gasteiger partial charge on any atom is -0.336 e. The zero-order chi connectivity index (χ0) is 13.8. The standard InChI is InChI=1S/C15H21FN2O/c1-11-6-7-13(14(16)10-11)15(19)18(9-3-8-17)12-4-2-5-12/h6-7,10,12H,2-5,8-9,17H2,1H3. The van der Waals surface area contributed by atoms with E-state index in [1.807, 2.05) is 6.92 Å². The molecule has 0 aliphatic heterocycles. The average Bonchev–Trinajstić information content (AvgIpc) is 2.31. The minimum absolute atomic E-state index is 0.175. The van der Waals surface area contributed by atoms with Crippen LogP contribution in [0.3, 0.4) is 0 Å². The van der Waals surface area contributed by atoms with Gasteiger partial charge < -0.3 is 10.6 Å². The Morgan fingerprint density at radius 1 is 1.47 bits per heavy atom. The lowest BCUT2D eigenvalue weighted by molar-refractivity contribution is 0.0574. The fraction of sp³-hybridized carbons (Fsp3) is 0.533. The van der Waals surface area contributed by atoms with Crippen molar-refractivity contribution in [2.75, 3.05) is 13.1 Å². The van der Waals surface area contributed by atoms with Crippen molar-refractivity contribution in [3.8, 4) is 0 Å². The first-order valence-corrected chi connectivity index (χ1v) is 6.90. The lowest BCUT2D eigenvalue weighted by Gasteiger charge is -2.37. The molecule has 1 fully saturated rings. The molecule has 1 saturated carbocycles. The van der Waals surface area contributed by atoms with Crippen LogP contribution in [0.25, 0.3) is 0 Å². The van der Waals surface area contributed by atoms with E-state index < -0.39 is 5.82 Å². The van der Waals surface area contributed by atoms with Crippen molar-refractivity contribution < 1.29 is 9.18 Å². The largest absolute Gasteiger partial charge is 0.336 e. The van der Waals surface area contributed by atoms with E-state index in [-0.39, 0.29) is 17.5 Å². The molecule has 0 spiro atoms. The topological polar surface area (TPSA) is 46.3 Å². The van der Waals surface area contributed by atoms with Crippen LogP contribution in [-0.2, 0) is 0 Å². The van der Waals surface area contributed by atoms with Gasteiger partial charge in [-0.1, -0.05) is 6.07 Å². The number of carbonyl (C=O) groups excluding carboxylic acids is 1. The lowest BCUT2D eigenvalue weighted by Crippen LogP contribution is -2.45. The van der Waals surface area contributed by atoms with Gasteiger partial charge in [0.2, 0.25) is 0 Å². The number of nitrogens with two attached hydrogens (primary N) is 1. The van der Waals surface area contributed by atoms with Gasteiger partial charge in [-0.3, -0.25) is 4.79 Å². The summed E-state index contributed by atoms with van der Waals surface area (Å²) in [5.41, 5.74) is 6.51. The van der Waals surface area contributed by atoms with Gasteiger partial charge in [-0.2, -0.15) is 0 Å². The summed E-state index contributed by atoms with van der Waals surface area (Å²) in [7, 11) is 0. The number of amides is 1. The Kier molecular flexibility index (Phi) is 4.53. The van der Waals surface area contributed by atoms with Crippen molar-refractivity contribution in [3.63, 3.8) is 0 Å². The molecule has 2 rings (SSSR count). The number of rotatable bonds is 5. The first-order valence-electron chi connectivity index (χ1n) is 6.90. The Bertz CT molecular complexity index is 457. The molecule has 1 aromatic rings. The van der Waals surface area contributed by atoms with Crippen molar-refractivity contribution in [3.05, 3.63) is 35.1 Å². The molecule has 19 heavy (non-hydrogen) atoms. The number of aryl methyl sites for hydroxylation is 1. The summed E-state index contributed by atoms with van der Waals surface area (Å²) >= 11 is 0. The van der Waals surface area contributed by atoms with Gasteiger partial charge in [0.1, 0.15) is 5.82 Å². The van der Waals surface area contributed by atoms with Crippen LogP contribution in [0.5, 0.6) is 0 Å². The first-order chi connectivity index (χ1) is 9.13. The monoisotopic (exact) mass is 264 g/mol. The Morgan fingerprint density at radius 2 is 2.21 bits per heavy atom. The van der Waals surface area contributed by atoms with Gasteiger partial charge in [0.25, 0.3) is 5.91 Å². The quantitative estimate of drug-likeness (QED) is 0.888. The maximum atomic E-state index is 13.9. The third-order valence-electron chi connectivity index (χ3n) is 3.73. The van der Waals surface area contributed by atoms with E-state index in [9.17, 15) is 9.18 Å². The third-order valence-corrected chi connectivity index (χ3v) is 3.73. The molecule has 1 aliphatic rings. The Balaban J connectivity index is 2.17. The molecule has 0 saturated heterocycles. The van der Waals surface area contributed by atoms with Gasteiger partial charge in [-0.15, -0.1) is 0 Å². The Morgan fingerprint density at radius 3 is 2.74 bits per heavy atom. The van der Waals surface area contributed by atoms with Crippen LogP contribution in [0, 0.1) is 12.7 Å². The molecule has 2 N–H and O–H groups in total. The number of hydrogen-bond acceptors (Lipinski definition) is 2. The first kappa shape index (κ1) is 14.0. The number of nitrogens with zero attached hydrogens (tertiary/aromatic N) is 1. The third kappa shape index (κ3) is 3.13. The zero-order valence-corrected chi connectivity index (χ0v) is 11.4. The second-order valence-corrected chi connectivity index (χ2v) is 5.21. The molecule has 1 aliphatic carbocycles. The van der Waals surface area contributed by atoms with E-state index in [4.69, 9.17) is 5.73 Å². The van der Waals surface area contributed by atoms with E-state index in [1.165, 1.54) is 6.07 Å². The molecule has 104 valence electrons. The molecule has 1 amide bonds. The van der Waals surface area contributed by atoms with E-state index in [1.54, 1.807) is 17.0 Å². The summed E-state index contributed by atoms with van der Waals surface area (Å²) in [6, 6.07) is 5.04. The number of carbonyl (C=O) groups is 1. The highest BCUT2D eigenvalue weighted by molar-refractivity contribution is 5.94. The molecule has 1 aromatic carbocycles. The highest BCUT2D eigenvalue weighted by Crippen LogP contribution is 2.27. The van der Waals surface area contributed by atoms with Crippen LogP contribution >= 0.6 is 0 Å². The fourth-order valence-corrected chi connectivity index (χ4v) is 2.36. The fourth-order valence-electron chi connectivity index (χ4n) is 2.36. The molecule has 0 bridgehead atoms. The number of hydrogen-bond donors (Lipinski definition) is 1. The van der Waals surface area contributed by atoms with Crippen molar-refractivity contribution in [2.45, 2.75) is 38.6 Å². The molecular weight excluding hydrogens is 243 g/mol. The summed E-state index contributed by atoms with van der Waals surface area (Å²) in [4.78, 5) is 14.3. The van der Waals surface area contributed by atoms with E-state index >= 15 is 0 Å². The molecule has 3 nitrogen and oxygen atoms in total. The Hall–Kier alpha value is -1.42. The van der Waals surface area contributed by atoms with Crippen LogP contribution in [-0.4, -0.2) is 29.9 Å². The Labute approximate surface area is 113 Å². The van der Waals surface area contributed by atoms with E-state index in [2.05, 4.69) is 0 Å². The highest BCUT2D eigenvalue weighted by atomic mass is 19.1. The lowest BCUT2D eigenvalue weighted by atomic mass is 9.90. The average molecular weight is 264 g/mol. The SMILES string of the molecule is Cc1ccc(C(=O)N(CCCN)C2CCC2)c(F)c1. The van der Waals surface area contributed by atoms with Crippen LogP contribution in [0.4, 0.5) is 4.39 Å². The van der Waals surface area contributed by atoms with Crippen molar-refractivity contribution in [2.24, 2.45) is 5.73 Å². The van der Waals surface area contributed by atoms with E-state index in [0.29, 0.717) is 13.1 Å². The van der Waals surface area contributed by atoms with Gasteiger partial charge in [0.15, 0.2) is 0 Å². The maximum Gasteiger partial charge on any atom is 0.257 e. The number of benzene rings is 1. The second kappa shape index (κ2) is 6.15. The summed E-state index contributed by atoms with van der Waals surface area (Å²) < 4.78 is 13.9. The second-order valence-electron chi connectivity index (χ2n) is 5.21. The molecule has 0 unspecified atom stereocenters. The van der Waals surface area contributed by atoms with Crippen molar-refractivity contribution >= 4 is 5.91 Å². The van der Waals surface area contributed by atoms with Gasteiger partial charge >= 0.3 is 0 Å². The summed E-state index contributed by atoms with van der Waals surface area (Å²) in [5, 5.41) is 0. The van der Waals surface area contributed by atoms with Crippen LogP contribution < -0.4 is 5.73 Å². The van der Waals surface area contributed by atoms with Crippen molar-refractivity contribution in [1.29, 1.82) is 0 Å². The molecule has 0 aromatic heterocycles. The van der Waals surface area contributed by atoms with Gasteiger partial charge in [-0.25, -0.2) is 4.39 Å². The summed E-state index contributed by atoms with van der Waals surface area (Å²) in [6.07, 6.45) is 3.94. The number of halogens is 1. The highest BCUT2D eigenvalue weighted by Gasteiger charge is 2.30. The normalized spacial score (nSPS) is 15.1. The van der Waals surface area contributed by atoms with E-state index in [0.717, 1.165) is 31.2 Å². The van der Waals surface area contributed by atoms with Crippen LogP contribution in [0.15, 0.2) is 18.2 Å². The molecule has 0 heterocycles. The smallest absolute Gasteiger partial charge is 0.257 e. The van der Waals surface area contributed by atoms with Crippen LogP contribution in [0.2, 0.25) is 0 Å². The summed E-state index contributed by atoms with van der Waals surface area (Å²) in [6.45, 7) is 2.98. The van der Waals surface area contributed by atoms with Crippen molar-refractivity contribution in [1.82, 2.24) is 4.90 Å². The minimum atomic E-state index is -0.429. The summed E-state index contributed by atoms with van der Waals surface area (Å²) in [5.74, 6) is -0.627. The molecule has 0 radical (unpaired) electrons. The van der Waals surface area contributed by atoms with Gasteiger partial charge in [0, 0.05) is 12.6 Å². The molecular formula is C15H21FN2O. The zero-order valence-electron chi connectivity index (χ0n) is 11.4. The predicted molar refractivity (Wildman–Crippen MR) is 73.5 cm³/mol. The van der Waals surface area contributed by atoms with Crippen LogP contribution in [0.1, 0.15) is 41.6 Å². The van der Waals surface area contributed by atoms with Gasteiger partial charge in [0.05, 0.1) is 5.56 Å². The van der Waals surface area contributed by atoms with Gasteiger partial charge in [-0.05, 0) is 56.8 Å². The predicted octanol–water partition coefficient (Wildman–Crippen LogP) is 2.48. The molecule has 0 atom stereocenters.